The number of carbonyl (C=O) groups excluding carboxylic acids is 2. The molecule has 2 atom stereocenters. The Morgan fingerprint density at radius 2 is 1.85 bits per heavy atom. The van der Waals surface area contributed by atoms with E-state index in [1.165, 1.54) is 12.1 Å². The number of benzene rings is 2. The number of rotatable bonds is 11. The second kappa shape index (κ2) is 12.0. The SMILES string of the molecule is N=C(N)N1CCCC(CNC(=O)CC(NS(=O)(=O)c2ccc3ccccc3c2)C(=O)N(CC(=O)O)C2CC2)C1. The van der Waals surface area contributed by atoms with Gasteiger partial charge in [0.05, 0.1) is 11.3 Å². The third-order valence-corrected chi connectivity index (χ3v) is 8.51. The van der Waals surface area contributed by atoms with Gasteiger partial charge in [0, 0.05) is 25.7 Å². The van der Waals surface area contributed by atoms with E-state index in [0.29, 0.717) is 31.3 Å². The number of fused-ring (bicyclic) bond motifs is 1. The highest BCUT2D eigenvalue weighted by Gasteiger charge is 2.39. The predicted octanol–water partition coefficient (Wildman–Crippen LogP) is 0.674. The Hall–Kier alpha value is -3.71. The molecule has 0 radical (unpaired) electrons. The van der Waals surface area contributed by atoms with Gasteiger partial charge in [0.1, 0.15) is 12.6 Å². The van der Waals surface area contributed by atoms with Crippen LogP contribution in [0, 0.1) is 11.3 Å². The van der Waals surface area contributed by atoms with Crippen LogP contribution in [-0.2, 0) is 24.4 Å². The molecule has 0 spiro atoms. The molecule has 13 heteroatoms. The fraction of sp³-hybridized carbons (Fsp3) is 0.462. The van der Waals surface area contributed by atoms with Crippen LogP contribution in [0.3, 0.4) is 0 Å². The number of nitrogens with zero attached hydrogens (tertiary/aromatic N) is 2. The number of amides is 2. The zero-order valence-electron chi connectivity index (χ0n) is 21.5. The number of guanidine groups is 1. The Balaban J connectivity index is 1.50. The van der Waals surface area contributed by atoms with Crippen molar-refractivity contribution in [2.45, 2.75) is 49.1 Å². The number of nitrogens with one attached hydrogen (secondary N) is 3. The molecule has 1 heterocycles. The summed E-state index contributed by atoms with van der Waals surface area (Å²) in [5.41, 5.74) is 5.59. The van der Waals surface area contributed by atoms with Gasteiger partial charge < -0.3 is 26.0 Å². The van der Waals surface area contributed by atoms with Crippen molar-refractivity contribution in [3.05, 3.63) is 42.5 Å². The van der Waals surface area contributed by atoms with Gasteiger partial charge in [0.2, 0.25) is 21.8 Å². The first-order chi connectivity index (χ1) is 18.5. The van der Waals surface area contributed by atoms with Crippen molar-refractivity contribution in [1.29, 1.82) is 5.41 Å². The van der Waals surface area contributed by atoms with E-state index in [4.69, 9.17) is 11.1 Å². The number of carboxylic acids is 1. The topological polar surface area (TPSA) is 186 Å². The quantitative estimate of drug-likeness (QED) is 0.197. The zero-order valence-corrected chi connectivity index (χ0v) is 22.3. The summed E-state index contributed by atoms with van der Waals surface area (Å²) in [5.74, 6) is -2.49. The van der Waals surface area contributed by atoms with Gasteiger partial charge in [-0.1, -0.05) is 30.3 Å². The van der Waals surface area contributed by atoms with Gasteiger partial charge in [-0.25, -0.2) is 8.42 Å². The lowest BCUT2D eigenvalue weighted by Crippen LogP contribution is -2.52. The molecule has 4 rings (SSSR count). The van der Waals surface area contributed by atoms with Gasteiger partial charge in [-0.2, -0.15) is 4.72 Å². The molecule has 0 aromatic heterocycles. The lowest BCUT2D eigenvalue weighted by Gasteiger charge is -2.33. The van der Waals surface area contributed by atoms with E-state index in [0.717, 1.165) is 23.1 Å². The number of likely N-dealkylation sites (tertiary alicyclic amines) is 1. The summed E-state index contributed by atoms with van der Waals surface area (Å²) in [6.45, 7) is 0.888. The summed E-state index contributed by atoms with van der Waals surface area (Å²) < 4.78 is 29.1. The van der Waals surface area contributed by atoms with Crippen molar-refractivity contribution in [1.82, 2.24) is 19.8 Å². The first kappa shape index (κ1) is 28.3. The molecule has 6 N–H and O–H groups in total. The summed E-state index contributed by atoms with van der Waals surface area (Å²) in [6, 6.07) is 10.0. The molecule has 1 saturated carbocycles. The molecular formula is C26H34N6O6S. The van der Waals surface area contributed by atoms with Crippen LogP contribution in [0.1, 0.15) is 32.1 Å². The molecule has 0 bridgehead atoms. The Kier molecular flexibility index (Phi) is 8.70. The number of carboxylic acid groups (broad SMARTS) is 1. The maximum Gasteiger partial charge on any atom is 0.323 e. The molecule has 2 aromatic rings. The minimum atomic E-state index is -4.23. The standard InChI is InChI=1S/C26H34N6O6S/c27-26(28)31-11-3-4-17(15-31)14-29-23(33)13-22(25(36)32(16-24(34)35)20-8-9-20)30-39(37,38)21-10-7-18-5-1-2-6-19(18)12-21/h1-2,5-7,10,12,17,20,22,30H,3-4,8-9,11,13-16H2,(H3,27,28)(H,29,33)(H,34,35). The second-order valence-electron chi connectivity index (χ2n) is 10.1. The number of hydrogen-bond donors (Lipinski definition) is 5. The fourth-order valence-electron chi connectivity index (χ4n) is 4.85. The highest BCUT2D eigenvalue weighted by Crippen LogP contribution is 2.28. The van der Waals surface area contributed by atoms with Crippen LogP contribution in [0.15, 0.2) is 47.4 Å². The maximum atomic E-state index is 13.5. The Bertz CT molecular complexity index is 1360. The van der Waals surface area contributed by atoms with Crippen LogP contribution in [0.5, 0.6) is 0 Å². The van der Waals surface area contributed by atoms with E-state index in [9.17, 15) is 27.9 Å². The van der Waals surface area contributed by atoms with Crippen molar-refractivity contribution in [3.8, 4) is 0 Å². The lowest BCUT2D eigenvalue weighted by atomic mass is 9.98. The van der Waals surface area contributed by atoms with Crippen molar-refractivity contribution >= 4 is 44.5 Å². The molecule has 12 nitrogen and oxygen atoms in total. The number of sulfonamides is 1. The first-order valence-corrected chi connectivity index (χ1v) is 14.4. The average Bonchev–Trinajstić information content (AvgIpc) is 3.75. The number of carbonyl (C=O) groups is 3. The molecule has 1 saturated heterocycles. The highest BCUT2D eigenvalue weighted by molar-refractivity contribution is 7.89. The molecule has 1 aliphatic heterocycles. The van der Waals surface area contributed by atoms with Gasteiger partial charge in [-0.05, 0) is 54.5 Å². The first-order valence-electron chi connectivity index (χ1n) is 12.9. The van der Waals surface area contributed by atoms with E-state index >= 15 is 0 Å². The van der Waals surface area contributed by atoms with E-state index in [2.05, 4.69) is 10.0 Å². The summed E-state index contributed by atoms with van der Waals surface area (Å²) >= 11 is 0. The summed E-state index contributed by atoms with van der Waals surface area (Å²) in [4.78, 5) is 40.6. The van der Waals surface area contributed by atoms with E-state index in [-0.39, 0.29) is 29.4 Å². The summed E-state index contributed by atoms with van der Waals surface area (Å²) in [5, 5.41) is 21.3. The minimum absolute atomic E-state index is 0.0293. The average molecular weight is 559 g/mol. The van der Waals surface area contributed by atoms with Gasteiger partial charge in [0.25, 0.3) is 0 Å². The summed E-state index contributed by atoms with van der Waals surface area (Å²) in [6.07, 6.45) is 2.39. The molecular weight excluding hydrogens is 524 g/mol. The zero-order chi connectivity index (χ0) is 28.2. The Morgan fingerprint density at radius 1 is 1.13 bits per heavy atom. The largest absolute Gasteiger partial charge is 0.480 e. The number of nitrogens with two attached hydrogens (primary N) is 1. The van der Waals surface area contributed by atoms with E-state index in [1.54, 1.807) is 23.1 Å². The molecule has 39 heavy (non-hydrogen) atoms. The van der Waals surface area contributed by atoms with Crippen molar-refractivity contribution in [2.75, 3.05) is 26.2 Å². The Labute approximate surface area is 227 Å². The normalized spacial score (nSPS) is 18.4. The van der Waals surface area contributed by atoms with Crippen LogP contribution in [0.4, 0.5) is 0 Å². The summed E-state index contributed by atoms with van der Waals surface area (Å²) in [7, 11) is -4.23. The molecule has 2 amide bonds. The number of aliphatic carboxylic acids is 1. The molecule has 1 aliphatic carbocycles. The number of piperidine rings is 1. The van der Waals surface area contributed by atoms with Crippen molar-refractivity contribution < 1.29 is 27.9 Å². The van der Waals surface area contributed by atoms with Crippen molar-refractivity contribution in [3.63, 3.8) is 0 Å². The van der Waals surface area contributed by atoms with Gasteiger partial charge in [-0.3, -0.25) is 19.8 Å². The maximum absolute atomic E-state index is 13.5. The van der Waals surface area contributed by atoms with E-state index < -0.39 is 46.8 Å². The molecule has 2 aromatic carbocycles. The number of hydrogen-bond acceptors (Lipinski definition) is 6. The molecule has 2 aliphatic rings. The molecule has 2 unspecified atom stereocenters. The van der Waals surface area contributed by atoms with E-state index in [1.807, 2.05) is 12.1 Å². The van der Waals surface area contributed by atoms with Crippen LogP contribution < -0.4 is 15.8 Å². The third-order valence-electron chi connectivity index (χ3n) is 7.04. The Morgan fingerprint density at radius 3 is 2.51 bits per heavy atom. The fourth-order valence-corrected chi connectivity index (χ4v) is 6.08. The van der Waals surface area contributed by atoms with Crippen molar-refractivity contribution in [2.24, 2.45) is 11.7 Å². The van der Waals surface area contributed by atoms with Crippen LogP contribution in [0.25, 0.3) is 10.8 Å². The monoisotopic (exact) mass is 558 g/mol. The lowest BCUT2D eigenvalue weighted by molar-refractivity contribution is -0.146. The molecule has 210 valence electrons. The van der Waals surface area contributed by atoms with Gasteiger partial charge in [-0.15, -0.1) is 0 Å². The third kappa shape index (κ3) is 7.45. The second-order valence-corrected chi connectivity index (χ2v) is 11.8. The van der Waals surface area contributed by atoms with Crippen LogP contribution >= 0.6 is 0 Å². The van der Waals surface area contributed by atoms with Crippen LogP contribution in [-0.4, -0.2) is 85.3 Å². The predicted molar refractivity (Wildman–Crippen MR) is 144 cm³/mol. The smallest absolute Gasteiger partial charge is 0.323 e. The van der Waals surface area contributed by atoms with Gasteiger partial charge >= 0.3 is 5.97 Å². The highest BCUT2D eigenvalue weighted by atomic mass is 32.2. The molecule has 2 fully saturated rings. The van der Waals surface area contributed by atoms with Gasteiger partial charge in [0.15, 0.2) is 5.96 Å². The van der Waals surface area contributed by atoms with Crippen LogP contribution in [0.2, 0.25) is 0 Å². The minimum Gasteiger partial charge on any atom is -0.480 e.